The molecule has 116 valence electrons. The lowest BCUT2D eigenvalue weighted by Crippen LogP contribution is -2.17. The Morgan fingerprint density at radius 1 is 1.04 bits per heavy atom. The number of hydrogen-bond acceptors (Lipinski definition) is 3. The fourth-order valence-corrected chi connectivity index (χ4v) is 3.22. The van der Waals surface area contributed by atoms with E-state index in [1.54, 1.807) is 18.2 Å². The Bertz CT molecular complexity index is 912. The van der Waals surface area contributed by atoms with Crippen molar-refractivity contribution in [2.45, 2.75) is 12.8 Å². The first-order valence-electron chi connectivity index (χ1n) is 7.76. The van der Waals surface area contributed by atoms with Gasteiger partial charge in [-0.2, -0.15) is 0 Å². The predicted octanol–water partition coefficient (Wildman–Crippen LogP) is 3.84. The third-order valence-corrected chi connectivity index (χ3v) is 4.52. The number of fused-ring (bicyclic) bond motifs is 1. The van der Waals surface area contributed by atoms with Crippen LogP contribution in [0, 0.1) is 0 Å². The molecular weight excluding hydrogens is 310 g/mol. The molecule has 3 aromatic rings. The average Bonchev–Trinajstić information content (AvgIpc) is 3.09. The van der Waals surface area contributed by atoms with Gasteiger partial charge in [0.15, 0.2) is 0 Å². The number of aromatic amines is 1. The maximum Gasteiger partial charge on any atom is 0.259 e. The first-order valence-corrected chi connectivity index (χ1v) is 8.13. The Kier molecular flexibility index (Phi) is 3.54. The van der Waals surface area contributed by atoms with Gasteiger partial charge < -0.3 is 9.88 Å². The molecular formula is C18H16ClN3O. The first kappa shape index (κ1) is 14.3. The lowest BCUT2D eigenvalue weighted by atomic mass is 10.1. The van der Waals surface area contributed by atoms with E-state index in [2.05, 4.69) is 27.0 Å². The Hall–Kier alpha value is -2.33. The highest BCUT2D eigenvalue weighted by atomic mass is 35.5. The number of benzene rings is 2. The van der Waals surface area contributed by atoms with E-state index < -0.39 is 0 Å². The van der Waals surface area contributed by atoms with Crippen LogP contribution >= 0.6 is 11.6 Å². The second-order valence-corrected chi connectivity index (χ2v) is 6.25. The number of H-pyrrole nitrogens is 1. The van der Waals surface area contributed by atoms with E-state index in [0.29, 0.717) is 21.7 Å². The van der Waals surface area contributed by atoms with Crippen LogP contribution in [0.4, 0.5) is 5.69 Å². The SMILES string of the molecule is O=c1[nH]c(-c2ccc(N3CCCC3)cc2)nc2cc(Cl)ccc12. The molecule has 0 aliphatic carbocycles. The lowest BCUT2D eigenvalue weighted by Gasteiger charge is -2.17. The summed E-state index contributed by atoms with van der Waals surface area (Å²) in [7, 11) is 0. The number of rotatable bonds is 2. The van der Waals surface area contributed by atoms with E-state index >= 15 is 0 Å². The van der Waals surface area contributed by atoms with Gasteiger partial charge in [-0.25, -0.2) is 4.98 Å². The van der Waals surface area contributed by atoms with Crippen molar-refractivity contribution in [1.29, 1.82) is 0 Å². The molecule has 23 heavy (non-hydrogen) atoms. The van der Waals surface area contributed by atoms with Gasteiger partial charge in [-0.3, -0.25) is 4.79 Å². The van der Waals surface area contributed by atoms with Crippen molar-refractivity contribution in [2.24, 2.45) is 0 Å². The van der Waals surface area contributed by atoms with Crippen LogP contribution in [-0.2, 0) is 0 Å². The van der Waals surface area contributed by atoms with Gasteiger partial charge in [-0.05, 0) is 55.3 Å². The van der Waals surface area contributed by atoms with Crippen molar-refractivity contribution in [2.75, 3.05) is 18.0 Å². The molecule has 0 amide bonds. The van der Waals surface area contributed by atoms with E-state index in [4.69, 9.17) is 11.6 Å². The van der Waals surface area contributed by atoms with Crippen LogP contribution in [0.5, 0.6) is 0 Å². The van der Waals surface area contributed by atoms with E-state index in [9.17, 15) is 4.79 Å². The summed E-state index contributed by atoms with van der Waals surface area (Å²) < 4.78 is 0. The molecule has 1 aliphatic rings. The number of anilines is 1. The van der Waals surface area contributed by atoms with Crippen LogP contribution < -0.4 is 10.5 Å². The number of halogens is 1. The van der Waals surface area contributed by atoms with Crippen molar-refractivity contribution in [3.63, 3.8) is 0 Å². The average molecular weight is 326 g/mol. The molecule has 5 heteroatoms. The van der Waals surface area contributed by atoms with Gasteiger partial charge >= 0.3 is 0 Å². The standard InChI is InChI=1S/C18H16ClN3O/c19-13-5-8-15-16(11-13)20-17(21-18(15)23)12-3-6-14(7-4-12)22-9-1-2-10-22/h3-8,11H,1-2,9-10H2,(H,20,21,23). The van der Waals surface area contributed by atoms with Gasteiger partial charge in [0, 0.05) is 29.4 Å². The predicted molar refractivity (Wildman–Crippen MR) is 94.3 cm³/mol. The highest BCUT2D eigenvalue weighted by Crippen LogP contribution is 2.24. The van der Waals surface area contributed by atoms with Crippen LogP contribution in [0.15, 0.2) is 47.3 Å². The summed E-state index contributed by atoms with van der Waals surface area (Å²) >= 11 is 6.01. The van der Waals surface area contributed by atoms with Gasteiger partial charge in [0.25, 0.3) is 5.56 Å². The fourth-order valence-electron chi connectivity index (χ4n) is 3.05. The summed E-state index contributed by atoms with van der Waals surface area (Å²) in [4.78, 5) is 22.0. The van der Waals surface area contributed by atoms with Gasteiger partial charge in [0.2, 0.25) is 0 Å². The molecule has 0 atom stereocenters. The summed E-state index contributed by atoms with van der Waals surface area (Å²) in [6.45, 7) is 2.23. The topological polar surface area (TPSA) is 49.0 Å². The zero-order valence-electron chi connectivity index (χ0n) is 12.6. The molecule has 0 unspecified atom stereocenters. The monoisotopic (exact) mass is 325 g/mol. The maximum absolute atomic E-state index is 12.2. The lowest BCUT2D eigenvalue weighted by molar-refractivity contribution is 0.949. The smallest absolute Gasteiger partial charge is 0.259 e. The number of nitrogens with one attached hydrogen (secondary N) is 1. The Balaban J connectivity index is 1.75. The molecule has 2 aromatic carbocycles. The van der Waals surface area contributed by atoms with E-state index in [-0.39, 0.29) is 5.56 Å². The van der Waals surface area contributed by atoms with Crippen molar-refractivity contribution < 1.29 is 0 Å². The summed E-state index contributed by atoms with van der Waals surface area (Å²) in [6.07, 6.45) is 2.50. The minimum absolute atomic E-state index is 0.148. The van der Waals surface area contributed by atoms with Crippen molar-refractivity contribution in [3.8, 4) is 11.4 Å². The normalized spacial score (nSPS) is 14.6. The quantitative estimate of drug-likeness (QED) is 0.778. The van der Waals surface area contributed by atoms with Crippen molar-refractivity contribution in [1.82, 2.24) is 9.97 Å². The Morgan fingerprint density at radius 3 is 2.52 bits per heavy atom. The van der Waals surface area contributed by atoms with Gasteiger partial charge in [0.05, 0.1) is 10.9 Å². The molecule has 0 bridgehead atoms. The van der Waals surface area contributed by atoms with Crippen LogP contribution in [0.1, 0.15) is 12.8 Å². The molecule has 0 spiro atoms. The molecule has 0 saturated carbocycles. The zero-order valence-corrected chi connectivity index (χ0v) is 13.3. The third kappa shape index (κ3) is 2.70. The summed E-state index contributed by atoms with van der Waals surface area (Å²) in [5, 5.41) is 1.12. The van der Waals surface area contributed by atoms with Gasteiger partial charge in [0.1, 0.15) is 5.82 Å². The first-order chi connectivity index (χ1) is 11.2. The molecule has 4 nitrogen and oxygen atoms in total. The van der Waals surface area contributed by atoms with Crippen LogP contribution in [0.25, 0.3) is 22.3 Å². The van der Waals surface area contributed by atoms with E-state index in [0.717, 1.165) is 18.7 Å². The Morgan fingerprint density at radius 2 is 1.78 bits per heavy atom. The Labute approximate surface area is 138 Å². The highest BCUT2D eigenvalue weighted by Gasteiger charge is 2.12. The van der Waals surface area contributed by atoms with Crippen LogP contribution in [0.2, 0.25) is 5.02 Å². The second-order valence-electron chi connectivity index (χ2n) is 5.82. The van der Waals surface area contributed by atoms with Crippen molar-refractivity contribution >= 4 is 28.2 Å². The third-order valence-electron chi connectivity index (χ3n) is 4.28. The number of aromatic nitrogens is 2. The summed E-state index contributed by atoms with van der Waals surface area (Å²) in [6, 6.07) is 13.3. The fraction of sp³-hybridized carbons (Fsp3) is 0.222. The summed E-state index contributed by atoms with van der Waals surface area (Å²) in [5.74, 6) is 0.567. The minimum atomic E-state index is -0.148. The maximum atomic E-state index is 12.2. The molecule has 1 saturated heterocycles. The molecule has 1 N–H and O–H groups in total. The molecule has 4 rings (SSSR count). The summed E-state index contributed by atoms with van der Waals surface area (Å²) in [5.41, 5.74) is 2.58. The highest BCUT2D eigenvalue weighted by molar-refractivity contribution is 6.31. The molecule has 1 fully saturated rings. The zero-order chi connectivity index (χ0) is 15.8. The molecule has 1 aliphatic heterocycles. The molecule has 0 radical (unpaired) electrons. The molecule has 2 heterocycles. The number of hydrogen-bond donors (Lipinski definition) is 1. The van der Waals surface area contributed by atoms with E-state index in [1.807, 2.05) is 12.1 Å². The molecule has 1 aromatic heterocycles. The second kappa shape index (κ2) is 5.70. The van der Waals surface area contributed by atoms with Gasteiger partial charge in [-0.1, -0.05) is 11.6 Å². The van der Waals surface area contributed by atoms with Crippen LogP contribution in [-0.4, -0.2) is 23.1 Å². The largest absolute Gasteiger partial charge is 0.372 e. The van der Waals surface area contributed by atoms with Crippen LogP contribution in [0.3, 0.4) is 0 Å². The van der Waals surface area contributed by atoms with E-state index in [1.165, 1.54) is 18.5 Å². The number of nitrogens with zero attached hydrogens (tertiary/aromatic N) is 2. The van der Waals surface area contributed by atoms with Crippen molar-refractivity contribution in [3.05, 3.63) is 57.8 Å². The minimum Gasteiger partial charge on any atom is -0.372 e. The van der Waals surface area contributed by atoms with Gasteiger partial charge in [-0.15, -0.1) is 0 Å².